The Labute approximate surface area is 134 Å². The average molecular weight is 328 g/mol. The Morgan fingerprint density at radius 1 is 1.24 bits per heavy atom. The Morgan fingerprint density at radius 3 is 2.67 bits per heavy atom. The predicted octanol–water partition coefficient (Wildman–Crippen LogP) is 2.56. The lowest BCUT2D eigenvalue weighted by Gasteiger charge is -2.10. The number of amides is 2. The maximum atomic E-state index is 11.9. The van der Waals surface area contributed by atoms with Crippen LogP contribution in [0.2, 0.25) is 5.02 Å². The van der Waals surface area contributed by atoms with E-state index in [0.29, 0.717) is 17.0 Å². The molecule has 0 saturated heterocycles. The normalized spacial score (nSPS) is 9.81. The molecule has 1 aromatic rings. The predicted molar refractivity (Wildman–Crippen MR) is 86.9 cm³/mol. The van der Waals surface area contributed by atoms with Crippen LogP contribution in [0.5, 0.6) is 0 Å². The molecule has 7 heteroatoms. The van der Waals surface area contributed by atoms with E-state index in [4.69, 9.17) is 23.8 Å². The van der Waals surface area contributed by atoms with Crippen molar-refractivity contribution in [1.29, 1.82) is 0 Å². The fourth-order valence-electron chi connectivity index (χ4n) is 1.56. The molecule has 1 aromatic carbocycles. The van der Waals surface area contributed by atoms with Crippen LogP contribution in [0.15, 0.2) is 24.3 Å². The average Bonchev–Trinajstić information content (AvgIpc) is 2.45. The van der Waals surface area contributed by atoms with Crippen molar-refractivity contribution in [3.05, 3.63) is 34.9 Å². The summed E-state index contributed by atoms with van der Waals surface area (Å²) in [7, 11) is 0. The second kappa shape index (κ2) is 9.31. The minimum atomic E-state index is -0.393. The monoisotopic (exact) mass is 327 g/mol. The van der Waals surface area contributed by atoms with Crippen molar-refractivity contribution >= 4 is 40.7 Å². The summed E-state index contributed by atoms with van der Waals surface area (Å²) in [6.45, 7) is 2.07. The summed E-state index contributed by atoms with van der Waals surface area (Å²) in [4.78, 5) is 23.3. The van der Waals surface area contributed by atoms with E-state index in [2.05, 4.69) is 23.1 Å². The molecular formula is C14H18ClN3O2S. The molecule has 0 saturated carbocycles. The summed E-state index contributed by atoms with van der Waals surface area (Å²) < 4.78 is 0. The number of carbonyl (C=O) groups excluding carboxylic acids is 2. The molecule has 0 radical (unpaired) electrons. The molecule has 2 amide bonds. The second-order valence-electron chi connectivity index (χ2n) is 4.42. The molecule has 0 aliphatic heterocycles. The van der Waals surface area contributed by atoms with E-state index in [1.165, 1.54) is 6.07 Å². The van der Waals surface area contributed by atoms with E-state index in [1.807, 2.05) is 0 Å². The van der Waals surface area contributed by atoms with Crippen LogP contribution in [-0.2, 0) is 4.79 Å². The Morgan fingerprint density at radius 2 is 2.00 bits per heavy atom. The lowest BCUT2D eigenvalue weighted by molar-refractivity contribution is -0.121. The number of carbonyl (C=O) groups is 2. The van der Waals surface area contributed by atoms with E-state index in [9.17, 15) is 9.59 Å². The summed E-state index contributed by atoms with van der Waals surface area (Å²) in [5.74, 6) is -0.557. The first-order valence-corrected chi connectivity index (χ1v) is 7.47. The van der Waals surface area contributed by atoms with E-state index in [1.54, 1.807) is 18.2 Å². The van der Waals surface area contributed by atoms with Gasteiger partial charge in [-0.05, 0) is 36.8 Å². The molecule has 0 unspecified atom stereocenters. The van der Waals surface area contributed by atoms with Crippen LogP contribution in [0.25, 0.3) is 0 Å². The van der Waals surface area contributed by atoms with Crippen molar-refractivity contribution in [2.75, 3.05) is 0 Å². The second-order valence-corrected chi connectivity index (χ2v) is 5.27. The number of rotatable bonds is 5. The van der Waals surface area contributed by atoms with Crippen LogP contribution in [-0.4, -0.2) is 16.9 Å². The first-order valence-electron chi connectivity index (χ1n) is 6.68. The molecule has 0 aliphatic carbocycles. The van der Waals surface area contributed by atoms with Gasteiger partial charge in [0.1, 0.15) is 0 Å². The van der Waals surface area contributed by atoms with Gasteiger partial charge in [-0.1, -0.05) is 37.4 Å². The van der Waals surface area contributed by atoms with Crippen LogP contribution < -0.4 is 16.2 Å². The maximum absolute atomic E-state index is 11.9. The highest BCUT2D eigenvalue weighted by Gasteiger charge is 2.08. The molecule has 0 aromatic heterocycles. The summed E-state index contributed by atoms with van der Waals surface area (Å²) in [6.07, 6.45) is 3.30. The van der Waals surface area contributed by atoms with Crippen LogP contribution >= 0.6 is 23.8 Å². The van der Waals surface area contributed by atoms with Gasteiger partial charge in [0.05, 0.1) is 0 Å². The van der Waals surface area contributed by atoms with Crippen LogP contribution in [0, 0.1) is 0 Å². The molecule has 0 aliphatic rings. The van der Waals surface area contributed by atoms with Crippen LogP contribution in [0.3, 0.4) is 0 Å². The van der Waals surface area contributed by atoms with E-state index >= 15 is 0 Å². The third-order valence-electron chi connectivity index (χ3n) is 2.64. The SMILES string of the molecule is CCCCCC(=O)NNC(=S)NC(=O)c1cccc(Cl)c1. The Bertz CT molecular complexity index is 523. The first kappa shape index (κ1) is 17.4. The van der Waals surface area contributed by atoms with Gasteiger partial charge in [-0.2, -0.15) is 0 Å². The number of hydrogen-bond donors (Lipinski definition) is 3. The summed E-state index contributed by atoms with van der Waals surface area (Å²) >= 11 is 10.7. The fraction of sp³-hybridized carbons (Fsp3) is 0.357. The highest BCUT2D eigenvalue weighted by molar-refractivity contribution is 7.80. The number of benzene rings is 1. The van der Waals surface area contributed by atoms with Gasteiger partial charge in [0.25, 0.3) is 5.91 Å². The Hall–Kier alpha value is -1.66. The quantitative estimate of drug-likeness (QED) is 0.441. The number of thiocarbonyl (C=S) groups is 1. The molecule has 114 valence electrons. The molecule has 21 heavy (non-hydrogen) atoms. The molecule has 0 fully saturated rings. The lowest BCUT2D eigenvalue weighted by Crippen LogP contribution is -2.48. The molecule has 1 rings (SSSR count). The summed E-state index contributed by atoms with van der Waals surface area (Å²) in [5.41, 5.74) is 5.32. The number of hydrazine groups is 1. The Kier molecular flexibility index (Phi) is 7.71. The van der Waals surface area contributed by atoms with Crippen molar-refractivity contribution in [3.8, 4) is 0 Å². The van der Waals surface area contributed by atoms with Gasteiger partial charge >= 0.3 is 0 Å². The number of nitrogens with one attached hydrogen (secondary N) is 3. The van der Waals surface area contributed by atoms with Crippen molar-refractivity contribution in [2.45, 2.75) is 32.6 Å². The van der Waals surface area contributed by atoms with E-state index in [-0.39, 0.29) is 11.0 Å². The highest BCUT2D eigenvalue weighted by Crippen LogP contribution is 2.10. The van der Waals surface area contributed by atoms with Crippen LogP contribution in [0.4, 0.5) is 0 Å². The Balaban J connectivity index is 2.33. The van der Waals surface area contributed by atoms with Crippen molar-refractivity contribution < 1.29 is 9.59 Å². The zero-order chi connectivity index (χ0) is 15.7. The first-order chi connectivity index (χ1) is 10.0. The van der Waals surface area contributed by atoms with Gasteiger partial charge in [0.2, 0.25) is 5.91 Å². The molecular weight excluding hydrogens is 310 g/mol. The van der Waals surface area contributed by atoms with E-state index < -0.39 is 5.91 Å². The van der Waals surface area contributed by atoms with Crippen molar-refractivity contribution in [2.24, 2.45) is 0 Å². The van der Waals surface area contributed by atoms with Gasteiger partial charge in [-0.15, -0.1) is 0 Å². The third kappa shape index (κ3) is 7.06. The number of unbranched alkanes of at least 4 members (excludes halogenated alkanes) is 2. The van der Waals surface area contributed by atoms with Gasteiger partial charge in [0, 0.05) is 17.0 Å². The fourth-order valence-corrected chi connectivity index (χ4v) is 1.89. The highest BCUT2D eigenvalue weighted by atomic mass is 35.5. The van der Waals surface area contributed by atoms with Gasteiger partial charge in [0.15, 0.2) is 5.11 Å². The molecule has 5 nitrogen and oxygen atoms in total. The van der Waals surface area contributed by atoms with Crippen molar-refractivity contribution in [3.63, 3.8) is 0 Å². The molecule has 0 spiro atoms. The number of hydrogen-bond acceptors (Lipinski definition) is 3. The largest absolute Gasteiger partial charge is 0.298 e. The van der Waals surface area contributed by atoms with Crippen LogP contribution in [0.1, 0.15) is 43.0 Å². The molecule has 0 bridgehead atoms. The summed E-state index contributed by atoms with van der Waals surface area (Å²) in [6, 6.07) is 6.49. The lowest BCUT2D eigenvalue weighted by atomic mass is 10.2. The minimum Gasteiger partial charge on any atom is -0.298 e. The number of halogens is 1. The third-order valence-corrected chi connectivity index (χ3v) is 3.08. The van der Waals surface area contributed by atoms with Gasteiger partial charge < -0.3 is 0 Å². The summed E-state index contributed by atoms with van der Waals surface area (Å²) in [5, 5.41) is 2.95. The standard InChI is InChI=1S/C14H18ClN3O2S/c1-2-3-4-8-12(19)17-18-14(21)16-13(20)10-6-5-7-11(15)9-10/h5-7,9H,2-4,8H2,1H3,(H,17,19)(H2,16,18,20,21). The zero-order valence-corrected chi connectivity index (χ0v) is 13.3. The molecule has 0 atom stereocenters. The van der Waals surface area contributed by atoms with Gasteiger partial charge in [-0.25, -0.2) is 0 Å². The topological polar surface area (TPSA) is 70.2 Å². The molecule has 3 N–H and O–H groups in total. The molecule has 0 heterocycles. The smallest absolute Gasteiger partial charge is 0.257 e. The van der Waals surface area contributed by atoms with E-state index in [0.717, 1.165) is 19.3 Å². The minimum absolute atomic E-state index is 0.0313. The van der Waals surface area contributed by atoms with Gasteiger partial charge in [-0.3, -0.25) is 25.8 Å². The maximum Gasteiger partial charge on any atom is 0.257 e. The zero-order valence-electron chi connectivity index (χ0n) is 11.7. The van der Waals surface area contributed by atoms with Crippen molar-refractivity contribution in [1.82, 2.24) is 16.2 Å².